The Labute approximate surface area is 124 Å². The van der Waals surface area contributed by atoms with Crippen molar-refractivity contribution >= 4 is 40.9 Å². The molecule has 0 aliphatic rings. The average molecular weight is 314 g/mol. The Bertz CT molecular complexity index is 619. The van der Waals surface area contributed by atoms with Gasteiger partial charge in [0.15, 0.2) is 0 Å². The van der Waals surface area contributed by atoms with Gasteiger partial charge >= 0.3 is 5.97 Å². The highest BCUT2D eigenvalue weighted by atomic mass is 35.5. The summed E-state index contributed by atoms with van der Waals surface area (Å²) in [6, 6.07) is 8.49. The molecule has 2 aromatic rings. The lowest BCUT2D eigenvalue weighted by atomic mass is 10.2. The van der Waals surface area contributed by atoms with Crippen LogP contribution in [0.4, 0.5) is 0 Å². The molecule has 2 rings (SSSR count). The highest BCUT2D eigenvalue weighted by molar-refractivity contribution is 7.98. The summed E-state index contributed by atoms with van der Waals surface area (Å²) in [5.41, 5.74) is 1.03. The number of thioether (sulfide) groups is 1. The van der Waals surface area contributed by atoms with Crippen molar-refractivity contribution in [2.75, 3.05) is 0 Å². The van der Waals surface area contributed by atoms with Gasteiger partial charge < -0.3 is 5.11 Å². The van der Waals surface area contributed by atoms with Crippen molar-refractivity contribution in [3.8, 4) is 0 Å². The summed E-state index contributed by atoms with van der Waals surface area (Å²) in [6.07, 6.45) is 1.56. The van der Waals surface area contributed by atoms with Crippen LogP contribution in [0.1, 0.15) is 15.9 Å². The van der Waals surface area contributed by atoms with Gasteiger partial charge in [0, 0.05) is 11.9 Å². The molecule has 1 heterocycles. The molecule has 0 aliphatic heterocycles. The highest BCUT2D eigenvalue weighted by Crippen LogP contribution is 2.31. The average Bonchev–Trinajstić information content (AvgIpc) is 2.40. The fourth-order valence-corrected chi connectivity index (χ4v) is 2.92. The van der Waals surface area contributed by atoms with Crippen molar-refractivity contribution in [2.24, 2.45) is 0 Å². The summed E-state index contributed by atoms with van der Waals surface area (Å²) in [6.45, 7) is 0. The Morgan fingerprint density at radius 2 is 2.05 bits per heavy atom. The molecular formula is C13H9Cl2NO2S. The maximum absolute atomic E-state index is 11.1. The maximum atomic E-state index is 11.1. The summed E-state index contributed by atoms with van der Waals surface area (Å²) in [7, 11) is 0. The van der Waals surface area contributed by atoms with Crippen molar-refractivity contribution in [3.05, 3.63) is 57.7 Å². The third-order valence-corrected chi connectivity index (χ3v) is 4.31. The molecule has 0 atom stereocenters. The van der Waals surface area contributed by atoms with E-state index in [0.717, 1.165) is 5.56 Å². The SMILES string of the molecule is O=C(O)c1cccnc1SCc1cccc(Cl)c1Cl. The first kappa shape index (κ1) is 14.2. The van der Waals surface area contributed by atoms with Crippen molar-refractivity contribution in [1.29, 1.82) is 0 Å². The monoisotopic (exact) mass is 313 g/mol. The van der Waals surface area contributed by atoms with E-state index in [4.69, 9.17) is 28.3 Å². The lowest BCUT2D eigenvalue weighted by molar-refractivity contribution is 0.0692. The summed E-state index contributed by atoms with van der Waals surface area (Å²) < 4.78 is 0. The van der Waals surface area contributed by atoms with Gasteiger partial charge in [0.2, 0.25) is 0 Å². The van der Waals surface area contributed by atoms with Gasteiger partial charge in [-0.3, -0.25) is 0 Å². The summed E-state index contributed by atoms with van der Waals surface area (Å²) >= 11 is 13.3. The van der Waals surface area contributed by atoms with E-state index in [1.54, 1.807) is 24.4 Å². The second-order valence-electron chi connectivity index (χ2n) is 3.66. The van der Waals surface area contributed by atoms with E-state index < -0.39 is 5.97 Å². The van der Waals surface area contributed by atoms with Crippen molar-refractivity contribution in [2.45, 2.75) is 10.8 Å². The molecule has 3 nitrogen and oxygen atoms in total. The Morgan fingerprint density at radius 1 is 1.26 bits per heavy atom. The van der Waals surface area contributed by atoms with Crippen LogP contribution < -0.4 is 0 Å². The number of rotatable bonds is 4. The minimum absolute atomic E-state index is 0.186. The number of carboxylic acid groups (broad SMARTS) is 1. The van der Waals surface area contributed by atoms with Crippen LogP contribution in [0.3, 0.4) is 0 Å². The fourth-order valence-electron chi connectivity index (χ4n) is 1.47. The van der Waals surface area contributed by atoms with E-state index in [1.807, 2.05) is 6.07 Å². The quantitative estimate of drug-likeness (QED) is 0.851. The van der Waals surface area contributed by atoms with Crippen LogP contribution in [0.25, 0.3) is 0 Å². The van der Waals surface area contributed by atoms with Crippen LogP contribution >= 0.6 is 35.0 Å². The molecule has 0 aliphatic carbocycles. The van der Waals surface area contributed by atoms with E-state index in [-0.39, 0.29) is 5.56 Å². The third-order valence-electron chi connectivity index (χ3n) is 2.40. The Kier molecular flexibility index (Phi) is 4.69. The molecule has 98 valence electrons. The maximum Gasteiger partial charge on any atom is 0.338 e. The van der Waals surface area contributed by atoms with Crippen LogP contribution in [0, 0.1) is 0 Å². The molecule has 0 saturated carbocycles. The van der Waals surface area contributed by atoms with Gasteiger partial charge in [-0.05, 0) is 23.8 Å². The highest BCUT2D eigenvalue weighted by Gasteiger charge is 2.12. The number of pyridine rings is 1. The molecule has 1 aromatic heterocycles. The molecule has 6 heteroatoms. The molecule has 19 heavy (non-hydrogen) atoms. The number of aromatic carboxylic acids is 1. The Morgan fingerprint density at radius 3 is 2.79 bits per heavy atom. The van der Waals surface area contributed by atoms with Crippen LogP contribution in [0.5, 0.6) is 0 Å². The molecule has 0 fully saturated rings. The molecule has 0 radical (unpaired) electrons. The molecule has 0 amide bonds. The van der Waals surface area contributed by atoms with Crippen molar-refractivity contribution in [3.63, 3.8) is 0 Å². The van der Waals surface area contributed by atoms with Gasteiger partial charge in [-0.1, -0.05) is 35.3 Å². The predicted molar refractivity (Wildman–Crippen MR) is 77.2 cm³/mol. The number of halogens is 2. The molecule has 0 spiro atoms. The molecular weight excluding hydrogens is 305 g/mol. The molecule has 1 N–H and O–H groups in total. The first-order valence-corrected chi connectivity index (χ1v) is 7.07. The first-order chi connectivity index (χ1) is 9.09. The summed E-state index contributed by atoms with van der Waals surface area (Å²) in [5, 5.41) is 10.5. The van der Waals surface area contributed by atoms with E-state index in [9.17, 15) is 4.79 Å². The zero-order valence-electron chi connectivity index (χ0n) is 9.64. The number of carbonyl (C=O) groups is 1. The molecule has 0 saturated heterocycles. The second kappa shape index (κ2) is 6.28. The van der Waals surface area contributed by atoms with Crippen molar-refractivity contribution < 1.29 is 9.90 Å². The van der Waals surface area contributed by atoms with E-state index in [1.165, 1.54) is 17.8 Å². The van der Waals surface area contributed by atoms with Crippen LogP contribution in [-0.4, -0.2) is 16.1 Å². The normalized spacial score (nSPS) is 10.4. The number of hydrogen-bond donors (Lipinski definition) is 1. The molecule has 0 bridgehead atoms. The Hall–Kier alpha value is -1.23. The lowest BCUT2D eigenvalue weighted by Gasteiger charge is -2.07. The van der Waals surface area contributed by atoms with Gasteiger partial charge in [-0.2, -0.15) is 0 Å². The summed E-state index contributed by atoms with van der Waals surface area (Å²) in [5.74, 6) is -0.482. The van der Waals surface area contributed by atoms with Gasteiger partial charge in [-0.15, -0.1) is 11.8 Å². The van der Waals surface area contributed by atoms with Gasteiger partial charge in [0.05, 0.1) is 15.6 Å². The lowest BCUT2D eigenvalue weighted by Crippen LogP contribution is -2.00. The topological polar surface area (TPSA) is 50.2 Å². The number of hydrogen-bond acceptors (Lipinski definition) is 3. The second-order valence-corrected chi connectivity index (χ2v) is 5.41. The summed E-state index contributed by atoms with van der Waals surface area (Å²) in [4.78, 5) is 15.1. The standard InChI is InChI=1S/C13H9Cl2NO2S/c14-10-5-1-3-8(11(10)15)7-19-12-9(13(17)18)4-2-6-16-12/h1-6H,7H2,(H,17,18). The molecule has 1 aromatic carbocycles. The smallest absolute Gasteiger partial charge is 0.338 e. The third kappa shape index (κ3) is 3.41. The number of carboxylic acids is 1. The van der Waals surface area contributed by atoms with E-state index >= 15 is 0 Å². The largest absolute Gasteiger partial charge is 0.478 e. The minimum Gasteiger partial charge on any atom is -0.478 e. The van der Waals surface area contributed by atoms with Crippen LogP contribution in [-0.2, 0) is 5.75 Å². The van der Waals surface area contributed by atoms with Gasteiger partial charge in [0.1, 0.15) is 5.03 Å². The zero-order valence-corrected chi connectivity index (χ0v) is 12.0. The van der Waals surface area contributed by atoms with Crippen molar-refractivity contribution in [1.82, 2.24) is 4.98 Å². The predicted octanol–water partition coefficient (Wildman–Crippen LogP) is 4.38. The van der Waals surface area contributed by atoms with Gasteiger partial charge in [0.25, 0.3) is 0 Å². The number of aromatic nitrogens is 1. The Balaban J connectivity index is 2.19. The van der Waals surface area contributed by atoms with E-state index in [0.29, 0.717) is 20.8 Å². The first-order valence-electron chi connectivity index (χ1n) is 5.33. The van der Waals surface area contributed by atoms with Crippen LogP contribution in [0.2, 0.25) is 10.0 Å². The zero-order chi connectivity index (χ0) is 13.8. The fraction of sp³-hybridized carbons (Fsp3) is 0.0769. The molecule has 0 unspecified atom stereocenters. The number of benzene rings is 1. The van der Waals surface area contributed by atoms with Crippen LogP contribution in [0.15, 0.2) is 41.6 Å². The number of nitrogens with zero attached hydrogens (tertiary/aromatic N) is 1. The minimum atomic E-state index is -0.993. The van der Waals surface area contributed by atoms with E-state index in [2.05, 4.69) is 4.98 Å². The van der Waals surface area contributed by atoms with Gasteiger partial charge in [-0.25, -0.2) is 9.78 Å².